The molecule has 0 heterocycles. The third-order valence-electron chi connectivity index (χ3n) is 3.20. The van der Waals surface area contributed by atoms with Crippen LogP contribution in [0.3, 0.4) is 0 Å². The van der Waals surface area contributed by atoms with E-state index in [1.54, 1.807) is 0 Å². The van der Waals surface area contributed by atoms with Crippen LogP contribution in [0.15, 0.2) is 12.1 Å². The molecule has 122 valence electrons. The van der Waals surface area contributed by atoms with Crippen LogP contribution in [0.2, 0.25) is 0 Å². The average molecular weight is 334 g/mol. The zero-order valence-electron chi connectivity index (χ0n) is 11.9. The Balaban J connectivity index is 2.70. The van der Waals surface area contributed by atoms with Crippen molar-refractivity contribution in [3.63, 3.8) is 0 Å². The average Bonchev–Trinajstić information content (AvgIpc) is 2.49. The highest BCUT2D eigenvalue weighted by atomic mass is 19.2. The number of rotatable bonds is 4. The first-order chi connectivity index (χ1) is 10.8. The Morgan fingerprint density at radius 1 is 0.652 bits per heavy atom. The maximum atomic E-state index is 13.9. The first-order valence-corrected chi connectivity index (χ1v) is 6.22. The second-order valence-corrected chi connectivity index (χ2v) is 4.51. The van der Waals surface area contributed by atoms with Crippen LogP contribution in [-0.4, -0.2) is 21.5 Å². The first kappa shape index (κ1) is 17.0. The second kappa shape index (κ2) is 6.43. The maximum Gasteiger partial charge on any atom is 0.210 e. The van der Waals surface area contributed by atoms with E-state index in [4.69, 9.17) is 0 Å². The summed E-state index contributed by atoms with van der Waals surface area (Å²) in [6.45, 7) is 0. The van der Waals surface area contributed by atoms with Crippen molar-refractivity contribution in [2.45, 2.75) is 0 Å². The van der Waals surface area contributed by atoms with E-state index in [-0.39, 0.29) is 12.1 Å². The zero-order chi connectivity index (χ0) is 17.3. The van der Waals surface area contributed by atoms with Crippen LogP contribution in [0, 0.1) is 34.9 Å². The van der Waals surface area contributed by atoms with Crippen LogP contribution in [-0.2, 0) is 0 Å². The number of benzene rings is 2. The molecule has 0 bridgehead atoms. The minimum atomic E-state index is -1.55. The molecule has 2 nitrogen and oxygen atoms in total. The molecule has 0 amide bonds. The normalized spacial score (nSPS) is 10.6. The standard InChI is InChI=1S/C14H9BF6O2/c1-22-13-7(18)3-5(16)11(20)9(13)15-10-12(21)6(17)4-8(19)14(10)23-2/h3-4,15H,1-2H3. The SMILES string of the molecule is COc1c(F)cc(F)c(F)c1Bc1c(F)c(F)cc(F)c1OC. The molecular formula is C14H9BF6O2. The summed E-state index contributed by atoms with van der Waals surface area (Å²) in [5, 5.41) is 0. The molecule has 0 unspecified atom stereocenters. The molecule has 0 spiro atoms. The van der Waals surface area contributed by atoms with E-state index in [2.05, 4.69) is 9.47 Å². The largest absolute Gasteiger partial charge is 0.494 e. The predicted molar refractivity (Wildman–Crippen MR) is 72.2 cm³/mol. The summed E-state index contributed by atoms with van der Waals surface area (Å²) in [7, 11) is 1.09. The van der Waals surface area contributed by atoms with Crippen LogP contribution < -0.4 is 20.4 Å². The second-order valence-electron chi connectivity index (χ2n) is 4.51. The van der Waals surface area contributed by atoms with Gasteiger partial charge in [0.2, 0.25) is 7.28 Å². The van der Waals surface area contributed by atoms with Crippen molar-refractivity contribution in [2.75, 3.05) is 14.2 Å². The van der Waals surface area contributed by atoms with Gasteiger partial charge in [0.15, 0.2) is 46.4 Å². The van der Waals surface area contributed by atoms with Gasteiger partial charge in [-0.25, -0.2) is 26.3 Å². The summed E-state index contributed by atoms with van der Waals surface area (Å²) in [5.41, 5.74) is -1.46. The lowest BCUT2D eigenvalue weighted by Crippen LogP contribution is -2.36. The molecule has 0 fully saturated rings. The summed E-state index contributed by atoms with van der Waals surface area (Å²) < 4.78 is 91.0. The van der Waals surface area contributed by atoms with E-state index >= 15 is 0 Å². The third kappa shape index (κ3) is 2.95. The summed E-state index contributed by atoms with van der Waals surface area (Å²) in [6.07, 6.45) is 0. The van der Waals surface area contributed by atoms with Crippen molar-refractivity contribution >= 4 is 18.2 Å². The van der Waals surface area contributed by atoms with E-state index < -0.39 is 64.6 Å². The molecule has 9 heteroatoms. The Labute approximate surface area is 127 Å². The van der Waals surface area contributed by atoms with Crippen LogP contribution in [0.1, 0.15) is 0 Å². The van der Waals surface area contributed by atoms with E-state index in [0.29, 0.717) is 0 Å². The Kier molecular flexibility index (Phi) is 4.77. The molecule has 2 rings (SSSR count). The van der Waals surface area contributed by atoms with E-state index in [1.165, 1.54) is 0 Å². The van der Waals surface area contributed by atoms with Crippen molar-refractivity contribution in [2.24, 2.45) is 0 Å². The Morgan fingerprint density at radius 3 is 1.30 bits per heavy atom. The fraction of sp³-hybridized carbons (Fsp3) is 0.143. The lowest BCUT2D eigenvalue weighted by molar-refractivity contribution is 0.380. The van der Waals surface area contributed by atoms with Gasteiger partial charge in [-0.1, -0.05) is 0 Å². The smallest absolute Gasteiger partial charge is 0.210 e. The molecular weight excluding hydrogens is 325 g/mol. The highest BCUT2D eigenvalue weighted by molar-refractivity contribution is 6.69. The number of hydrogen-bond donors (Lipinski definition) is 0. The van der Waals surface area contributed by atoms with Crippen LogP contribution >= 0.6 is 0 Å². The van der Waals surface area contributed by atoms with Crippen molar-refractivity contribution in [3.8, 4) is 11.5 Å². The van der Waals surface area contributed by atoms with Crippen molar-refractivity contribution in [1.82, 2.24) is 0 Å². The quantitative estimate of drug-likeness (QED) is 0.483. The highest BCUT2D eigenvalue weighted by Gasteiger charge is 2.26. The van der Waals surface area contributed by atoms with Crippen LogP contribution in [0.5, 0.6) is 11.5 Å². The third-order valence-corrected chi connectivity index (χ3v) is 3.20. The Morgan fingerprint density at radius 2 is 1.00 bits per heavy atom. The van der Waals surface area contributed by atoms with Gasteiger partial charge in [0.25, 0.3) is 0 Å². The molecule has 2 aromatic carbocycles. The molecule has 0 aliphatic carbocycles. The lowest BCUT2D eigenvalue weighted by atomic mass is 9.62. The topological polar surface area (TPSA) is 18.5 Å². The Bertz CT molecular complexity index is 702. The molecule has 0 N–H and O–H groups in total. The van der Waals surface area contributed by atoms with E-state index in [9.17, 15) is 26.3 Å². The van der Waals surface area contributed by atoms with Gasteiger partial charge in [-0.05, 0) is 0 Å². The fourth-order valence-electron chi connectivity index (χ4n) is 2.19. The van der Waals surface area contributed by atoms with Gasteiger partial charge in [-0.15, -0.1) is 0 Å². The van der Waals surface area contributed by atoms with Gasteiger partial charge < -0.3 is 9.47 Å². The molecule has 0 aromatic heterocycles. The number of hydrogen-bond acceptors (Lipinski definition) is 2. The van der Waals surface area contributed by atoms with Gasteiger partial charge in [-0.2, -0.15) is 0 Å². The first-order valence-electron chi connectivity index (χ1n) is 6.22. The Hall–Kier alpha value is -2.32. The van der Waals surface area contributed by atoms with Gasteiger partial charge in [-0.3, -0.25) is 0 Å². The summed E-state index contributed by atoms with van der Waals surface area (Å²) in [6, 6.07) is 0.495. The number of halogens is 6. The minimum Gasteiger partial charge on any atom is -0.494 e. The predicted octanol–water partition coefficient (Wildman–Crippen LogP) is 1.93. The van der Waals surface area contributed by atoms with Gasteiger partial charge in [0.05, 0.1) is 14.2 Å². The number of methoxy groups -OCH3 is 2. The molecule has 0 aliphatic heterocycles. The van der Waals surface area contributed by atoms with Gasteiger partial charge in [0.1, 0.15) is 0 Å². The molecule has 0 radical (unpaired) electrons. The molecule has 0 saturated heterocycles. The zero-order valence-corrected chi connectivity index (χ0v) is 11.9. The summed E-state index contributed by atoms with van der Waals surface area (Å²) in [4.78, 5) is 0. The summed E-state index contributed by atoms with van der Waals surface area (Å²) in [5.74, 6) is -10.0. The molecule has 23 heavy (non-hydrogen) atoms. The fourth-order valence-corrected chi connectivity index (χ4v) is 2.19. The van der Waals surface area contributed by atoms with E-state index in [1.807, 2.05) is 0 Å². The number of ether oxygens (including phenoxy) is 2. The van der Waals surface area contributed by atoms with E-state index in [0.717, 1.165) is 14.2 Å². The molecule has 0 aliphatic rings. The highest BCUT2D eigenvalue weighted by Crippen LogP contribution is 2.21. The van der Waals surface area contributed by atoms with Gasteiger partial charge in [0, 0.05) is 23.1 Å². The van der Waals surface area contributed by atoms with Crippen LogP contribution in [0.25, 0.3) is 0 Å². The van der Waals surface area contributed by atoms with Crippen molar-refractivity contribution in [3.05, 3.63) is 47.0 Å². The molecule has 0 atom stereocenters. The lowest BCUT2D eigenvalue weighted by Gasteiger charge is -2.14. The maximum absolute atomic E-state index is 13.9. The van der Waals surface area contributed by atoms with Gasteiger partial charge >= 0.3 is 0 Å². The molecule has 2 aromatic rings. The van der Waals surface area contributed by atoms with Crippen LogP contribution in [0.4, 0.5) is 26.3 Å². The molecule has 0 saturated carbocycles. The monoisotopic (exact) mass is 334 g/mol. The minimum absolute atomic E-state index is 0.247. The van der Waals surface area contributed by atoms with Crippen molar-refractivity contribution in [1.29, 1.82) is 0 Å². The van der Waals surface area contributed by atoms with Crippen molar-refractivity contribution < 1.29 is 35.8 Å². The summed E-state index contributed by atoms with van der Waals surface area (Å²) >= 11 is 0.